The molecule has 5 nitrogen and oxygen atoms in total. The van der Waals surface area contributed by atoms with Crippen LogP contribution >= 0.6 is 11.6 Å². The molecule has 0 spiro atoms. The Balaban J connectivity index is 2.10. The highest BCUT2D eigenvalue weighted by Gasteiger charge is 2.11. The quantitative estimate of drug-likeness (QED) is 0.917. The molecule has 0 aliphatic carbocycles. The summed E-state index contributed by atoms with van der Waals surface area (Å²) in [5.41, 5.74) is 0.847. The van der Waals surface area contributed by atoms with Crippen LogP contribution in [0.15, 0.2) is 36.5 Å². The summed E-state index contributed by atoms with van der Waals surface area (Å²) in [6.07, 6.45) is 1.26. The van der Waals surface area contributed by atoms with Crippen LogP contribution in [-0.4, -0.2) is 23.2 Å². The monoisotopic (exact) mass is 293 g/mol. The third-order valence-corrected chi connectivity index (χ3v) is 2.88. The third kappa shape index (κ3) is 3.39. The zero-order valence-corrected chi connectivity index (χ0v) is 11.4. The van der Waals surface area contributed by atoms with Crippen LogP contribution in [0.2, 0.25) is 5.02 Å². The lowest BCUT2D eigenvalue weighted by Crippen LogP contribution is -2.02. The molecule has 2 aromatic rings. The average molecular weight is 294 g/mol. The first kappa shape index (κ1) is 14.1. The van der Waals surface area contributed by atoms with Gasteiger partial charge in [-0.05, 0) is 17.7 Å². The third-order valence-electron chi connectivity index (χ3n) is 2.58. The zero-order chi connectivity index (χ0) is 14.5. The highest BCUT2D eigenvalue weighted by Crippen LogP contribution is 2.20. The number of aromatic carboxylic acids is 1. The summed E-state index contributed by atoms with van der Waals surface area (Å²) in [6, 6.07) is 8.66. The number of rotatable bonds is 5. The fourth-order valence-corrected chi connectivity index (χ4v) is 1.77. The van der Waals surface area contributed by atoms with Crippen LogP contribution in [-0.2, 0) is 6.61 Å². The predicted molar refractivity (Wildman–Crippen MR) is 73.5 cm³/mol. The van der Waals surface area contributed by atoms with Gasteiger partial charge < -0.3 is 14.6 Å². The van der Waals surface area contributed by atoms with Gasteiger partial charge in [-0.2, -0.15) is 0 Å². The molecule has 0 unspecified atom stereocenters. The number of hydrogen-bond acceptors (Lipinski definition) is 4. The minimum absolute atomic E-state index is 0.0395. The molecule has 1 heterocycles. The average Bonchev–Trinajstić information content (AvgIpc) is 2.46. The van der Waals surface area contributed by atoms with Crippen LogP contribution in [0, 0.1) is 0 Å². The smallest absolute Gasteiger partial charge is 0.337 e. The van der Waals surface area contributed by atoms with Gasteiger partial charge in [-0.25, -0.2) is 9.78 Å². The van der Waals surface area contributed by atoms with Crippen LogP contribution in [0.1, 0.15) is 15.9 Å². The Morgan fingerprint density at radius 2 is 2.20 bits per heavy atom. The summed E-state index contributed by atoms with van der Waals surface area (Å²) in [5.74, 6) is -0.195. The molecule has 1 aromatic carbocycles. The largest absolute Gasteiger partial charge is 0.497 e. The van der Waals surface area contributed by atoms with E-state index in [-0.39, 0.29) is 23.1 Å². The van der Waals surface area contributed by atoms with Crippen molar-refractivity contribution in [2.45, 2.75) is 6.61 Å². The van der Waals surface area contributed by atoms with E-state index in [2.05, 4.69) is 4.98 Å². The molecule has 0 fully saturated rings. The minimum Gasteiger partial charge on any atom is -0.497 e. The maximum Gasteiger partial charge on any atom is 0.337 e. The van der Waals surface area contributed by atoms with Gasteiger partial charge in [-0.3, -0.25) is 0 Å². The van der Waals surface area contributed by atoms with Crippen LogP contribution in [0.5, 0.6) is 11.6 Å². The molecule has 0 saturated carbocycles. The molecular formula is C14H12ClNO4. The van der Waals surface area contributed by atoms with Crippen molar-refractivity contribution in [2.75, 3.05) is 7.11 Å². The van der Waals surface area contributed by atoms with E-state index in [1.807, 2.05) is 24.3 Å². The molecular weight excluding hydrogens is 282 g/mol. The van der Waals surface area contributed by atoms with E-state index in [1.54, 1.807) is 7.11 Å². The SMILES string of the molecule is COc1cccc(COc2cc(C(=O)O)c(Cl)cn2)c1. The summed E-state index contributed by atoms with van der Waals surface area (Å²) >= 11 is 5.73. The van der Waals surface area contributed by atoms with E-state index in [9.17, 15) is 4.79 Å². The summed E-state index contributed by atoms with van der Waals surface area (Å²) in [6.45, 7) is 0.255. The number of carboxylic acids is 1. The van der Waals surface area contributed by atoms with Gasteiger partial charge in [0.15, 0.2) is 0 Å². The van der Waals surface area contributed by atoms with Gasteiger partial charge in [-0.15, -0.1) is 0 Å². The summed E-state index contributed by atoms with van der Waals surface area (Å²) in [7, 11) is 1.58. The van der Waals surface area contributed by atoms with Crippen LogP contribution in [0.3, 0.4) is 0 Å². The fraction of sp³-hybridized carbons (Fsp3) is 0.143. The van der Waals surface area contributed by atoms with Crippen molar-refractivity contribution in [2.24, 2.45) is 0 Å². The van der Waals surface area contributed by atoms with Crippen LogP contribution < -0.4 is 9.47 Å². The lowest BCUT2D eigenvalue weighted by Gasteiger charge is -2.08. The second-order valence-electron chi connectivity index (χ2n) is 3.95. The Morgan fingerprint density at radius 1 is 1.40 bits per heavy atom. The van der Waals surface area contributed by atoms with E-state index in [4.69, 9.17) is 26.2 Å². The molecule has 104 valence electrons. The molecule has 2 rings (SSSR count). The van der Waals surface area contributed by atoms with Gasteiger partial charge in [0.05, 0.1) is 23.9 Å². The highest BCUT2D eigenvalue weighted by atomic mass is 35.5. The van der Waals surface area contributed by atoms with Gasteiger partial charge in [-0.1, -0.05) is 23.7 Å². The molecule has 0 bridgehead atoms. The van der Waals surface area contributed by atoms with Crippen molar-refractivity contribution in [3.05, 3.63) is 52.7 Å². The summed E-state index contributed by atoms with van der Waals surface area (Å²) < 4.78 is 10.6. The number of pyridine rings is 1. The molecule has 0 saturated heterocycles. The van der Waals surface area contributed by atoms with Crippen molar-refractivity contribution in [1.82, 2.24) is 4.98 Å². The first-order valence-corrected chi connectivity index (χ1v) is 6.12. The van der Waals surface area contributed by atoms with E-state index in [0.717, 1.165) is 11.3 Å². The molecule has 0 amide bonds. The van der Waals surface area contributed by atoms with E-state index in [1.165, 1.54) is 12.3 Å². The second kappa shape index (κ2) is 6.25. The Morgan fingerprint density at radius 3 is 2.90 bits per heavy atom. The standard InChI is InChI=1S/C14H12ClNO4/c1-19-10-4-2-3-9(5-10)8-20-13-6-11(14(17)18)12(15)7-16-13/h2-7H,8H2,1H3,(H,17,18). The Labute approximate surface area is 120 Å². The van der Waals surface area contributed by atoms with Gasteiger partial charge in [0, 0.05) is 6.07 Å². The molecule has 6 heteroatoms. The van der Waals surface area contributed by atoms with Gasteiger partial charge in [0.2, 0.25) is 5.88 Å². The number of benzene rings is 1. The van der Waals surface area contributed by atoms with Crippen molar-refractivity contribution >= 4 is 17.6 Å². The molecule has 0 atom stereocenters. The topological polar surface area (TPSA) is 68.7 Å². The minimum atomic E-state index is -1.12. The van der Waals surface area contributed by atoms with Crippen LogP contribution in [0.4, 0.5) is 0 Å². The predicted octanol–water partition coefficient (Wildman–Crippen LogP) is 3.02. The van der Waals surface area contributed by atoms with E-state index >= 15 is 0 Å². The summed E-state index contributed by atoms with van der Waals surface area (Å²) in [5, 5.41) is 9.03. The molecule has 0 aliphatic heterocycles. The highest BCUT2D eigenvalue weighted by molar-refractivity contribution is 6.33. The first-order chi connectivity index (χ1) is 9.60. The molecule has 1 aromatic heterocycles. The van der Waals surface area contributed by atoms with E-state index in [0.29, 0.717) is 0 Å². The maximum absolute atomic E-state index is 10.9. The Hall–Kier alpha value is -2.27. The van der Waals surface area contributed by atoms with Gasteiger partial charge in [0.1, 0.15) is 12.4 Å². The van der Waals surface area contributed by atoms with Gasteiger partial charge >= 0.3 is 5.97 Å². The Kier molecular flexibility index (Phi) is 4.42. The number of halogens is 1. The van der Waals surface area contributed by atoms with Crippen molar-refractivity contribution < 1.29 is 19.4 Å². The summed E-state index contributed by atoms with van der Waals surface area (Å²) in [4.78, 5) is 14.9. The van der Waals surface area contributed by atoms with Crippen molar-refractivity contribution in [1.29, 1.82) is 0 Å². The number of carbonyl (C=O) groups is 1. The maximum atomic E-state index is 10.9. The van der Waals surface area contributed by atoms with Gasteiger partial charge in [0.25, 0.3) is 0 Å². The number of ether oxygens (including phenoxy) is 2. The second-order valence-corrected chi connectivity index (χ2v) is 4.35. The lowest BCUT2D eigenvalue weighted by atomic mass is 10.2. The molecule has 0 radical (unpaired) electrons. The van der Waals surface area contributed by atoms with Crippen molar-refractivity contribution in [3.63, 3.8) is 0 Å². The normalized spacial score (nSPS) is 10.1. The molecule has 1 N–H and O–H groups in total. The number of aromatic nitrogens is 1. The zero-order valence-electron chi connectivity index (χ0n) is 10.7. The number of carboxylic acid groups (broad SMARTS) is 1. The first-order valence-electron chi connectivity index (χ1n) is 5.74. The van der Waals surface area contributed by atoms with Crippen molar-refractivity contribution in [3.8, 4) is 11.6 Å². The molecule has 20 heavy (non-hydrogen) atoms. The number of nitrogens with zero attached hydrogens (tertiary/aromatic N) is 1. The molecule has 0 aliphatic rings. The van der Waals surface area contributed by atoms with Crippen LogP contribution in [0.25, 0.3) is 0 Å². The number of hydrogen-bond donors (Lipinski definition) is 1. The van der Waals surface area contributed by atoms with E-state index < -0.39 is 5.97 Å². The number of methoxy groups -OCH3 is 1. The fourth-order valence-electron chi connectivity index (χ4n) is 1.58. The lowest BCUT2D eigenvalue weighted by molar-refractivity contribution is 0.0696. The Bertz CT molecular complexity index is 630.